The van der Waals surface area contributed by atoms with Crippen molar-refractivity contribution in [2.24, 2.45) is 5.10 Å². The first-order valence-electron chi connectivity index (χ1n) is 7.25. The van der Waals surface area contributed by atoms with Crippen molar-refractivity contribution >= 4 is 18.1 Å². The van der Waals surface area contributed by atoms with Gasteiger partial charge in [-0.15, -0.1) is 16.9 Å². The lowest BCUT2D eigenvalue weighted by Crippen LogP contribution is -2.64. The van der Waals surface area contributed by atoms with E-state index in [9.17, 15) is 0 Å². The Morgan fingerprint density at radius 1 is 1.33 bits per heavy atom. The van der Waals surface area contributed by atoms with E-state index in [-0.39, 0.29) is 6.04 Å². The molecule has 1 radical (unpaired) electrons. The first kappa shape index (κ1) is 14.6. The number of hydrazine groups is 2. The van der Waals surface area contributed by atoms with Gasteiger partial charge in [-0.2, -0.15) is 5.10 Å². The summed E-state index contributed by atoms with van der Waals surface area (Å²) in [5.74, 6) is 0.865. The predicted octanol–water partition coefficient (Wildman–Crippen LogP) is 0.773. The fourth-order valence-electron chi connectivity index (χ4n) is 2.42. The lowest BCUT2D eigenvalue weighted by atomic mass is 10.1. The van der Waals surface area contributed by atoms with E-state index >= 15 is 0 Å². The molecule has 3 N–H and O–H groups in total. The number of hydrogen-bond acceptors (Lipinski definition) is 6. The van der Waals surface area contributed by atoms with Crippen LogP contribution in [0.2, 0.25) is 0 Å². The first-order valence-corrected chi connectivity index (χ1v) is 8.24. The van der Waals surface area contributed by atoms with E-state index < -0.39 is 0 Å². The quantitative estimate of drug-likeness (QED) is 0.729. The van der Waals surface area contributed by atoms with Crippen LogP contribution < -0.4 is 16.7 Å². The molecule has 2 heterocycles. The normalized spacial score (nSPS) is 20.8. The molecule has 1 fully saturated rings. The van der Waals surface area contributed by atoms with Crippen molar-refractivity contribution in [3.8, 4) is 0 Å². The fraction of sp³-hybridized carbons (Fsp3) is 0.500. The Kier molecular flexibility index (Phi) is 4.97. The minimum atomic E-state index is 0.000580. The van der Waals surface area contributed by atoms with Crippen LogP contribution in [-0.2, 0) is 0 Å². The van der Waals surface area contributed by atoms with Crippen LogP contribution in [0, 0.1) is 0 Å². The number of likely N-dealkylation sites (tertiary alicyclic amines) is 1. The van der Waals surface area contributed by atoms with Crippen molar-refractivity contribution in [2.75, 3.05) is 25.4 Å². The molecule has 0 aliphatic carbocycles. The molecule has 1 aromatic carbocycles. The molecule has 1 aromatic rings. The van der Waals surface area contributed by atoms with Gasteiger partial charge in [-0.25, -0.2) is 5.53 Å². The molecule has 21 heavy (non-hydrogen) atoms. The second kappa shape index (κ2) is 7.13. The lowest BCUT2D eigenvalue weighted by molar-refractivity contribution is -0.00710. The van der Waals surface area contributed by atoms with Gasteiger partial charge in [0.2, 0.25) is 0 Å². The van der Waals surface area contributed by atoms with Gasteiger partial charge < -0.3 is 0 Å². The zero-order valence-corrected chi connectivity index (χ0v) is 12.7. The van der Waals surface area contributed by atoms with Crippen LogP contribution in [0.4, 0.5) is 0 Å². The molecule has 0 saturated carbocycles. The summed E-state index contributed by atoms with van der Waals surface area (Å²) in [6, 6.07) is 10.8. The second-order valence-electron chi connectivity index (χ2n) is 5.38. The van der Waals surface area contributed by atoms with Crippen LogP contribution in [-0.4, -0.2) is 53.8 Å². The van der Waals surface area contributed by atoms with Crippen molar-refractivity contribution in [1.29, 1.82) is 0 Å². The van der Waals surface area contributed by atoms with Crippen molar-refractivity contribution < 1.29 is 0 Å². The van der Waals surface area contributed by atoms with Crippen LogP contribution in [0.5, 0.6) is 0 Å². The van der Waals surface area contributed by atoms with Crippen molar-refractivity contribution in [3.63, 3.8) is 0 Å². The van der Waals surface area contributed by atoms with Gasteiger partial charge in [-0.3, -0.25) is 16.1 Å². The molecule has 0 bridgehead atoms. The summed E-state index contributed by atoms with van der Waals surface area (Å²) in [5, 5.41) is 5.84. The number of nitrogens with zero attached hydrogens (tertiary/aromatic N) is 3. The van der Waals surface area contributed by atoms with Gasteiger partial charge >= 0.3 is 0 Å². The number of hydrogen-bond donors (Lipinski definition) is 2. The maximum atomic E-state index is 8.13. The highest BCUT2D eigenvalue weighted by molar-refractivity contribution is 7.99. The molecule has 1 saturated heterocycles. The third-order valence-electron chi connectivity index (χ3n) is 3.72. The van der Waals surface area contributed by atoms with Gasteiger partial charge in [0.05, 0.1) is 6.04 Å². The van der Waals surface area contributed by atoms with E-state index in [1.807, 2.05) is 23.3 Å². The molecule has 1 atom stereocenters. The largest absolute Gasteiger partial charge is 0.300 e. The van der Waals surface area contributed by atoms with E-state index in [4.69, 9.17) is 5.73 Å². The van der Waals surface area contributed by atoms with Crippen LogP contribution in [0.3, 0.4) is 0 Å². The summed E-state index contributed by atoms with van der Waals surface area (Å²) in [6.07, 6.45) is 2.59. The summed E-state index contributed by atoms with van der Waals surface area (Å²) in [6.45, 7) is 3.07. The average molecular weight is 305 g/mol. The molecule has 0 amide bonds. The van der Waals surface area contributed by atoms with Crippen molar-refractivity contribution in [1.82, 2.24) is 26.7 Å². The first-order chi connectivity index (χ1) is 10.3. The minimum absolute atomic E-state index is 0.000580. The minimum Gasteiger partial charge on any atom is -0.300 e. The highest BCUT2D eigenvalue weighted by Crippen LogP contribution is 2.19. The van der Waals surface area contributed by atoms with Gasteiger partial charge in [-0.1, -0.05) is 18.2 Å². The molecule has 0 spiro atoms. The molecule has 2 aliphatic heterocycles. The maximum absolute atomic E-state index is 8.13. The Balaban J connectivity index is 1.28. The number of nitrogens with one attached hydrogen (secondary N) is 3. The van der Waals surface area contributed by atoms with Gasteiger partial charge in [0.15, 0.2) is 0 Å². The van der Waals surface area contributed by atoms with Crippen molar-refractivity contribution in [3.05, 3.63) is 30.3 Å². The predicted molar refractivity (Wildman–Crippen MR) is 85.5 cm³/mol. The van der Waals surface area contributed by atoms with Gasteiger partial charge in [0, 0.05) is 29.8 Å². The van der Waals surface area contributed by atoms with E-state index in [0.717, 1.165) is 31.8 Å². The maximum Gasteiger partial charge on any atom is 0.126 e. The highest BCUT2D eigenvalue weighted by Gasteiger charge is 2.32. The standard InChI is InChI=1S/C14H21N6S/c15-12(10-21-14-4-2-1-3-5-14)6-7-19-8-13(9-19)20-17-11-16-18-20/h1-5,11-13,15,18H,6-10H2,(H,16,17)/t12-/m1/s1. The molecular formula is C14H21N6S. The molecule has 7 heteroatoms. The Hall–Kier alpha value is -1.28. The van der Waals surface area contributed by atoms with E-state index in [1.54, 1.807) is 18.1 Å². The number of benzene rings is 1. The average Bonchev–Trinajstić information content (AvgIpc) is 2.98. The molecule has 0 aromatic heterocycles. The van der Waals surface area contributed by atoms with Gasteiger partial charge in [0.1, 0.15) is 6.34 Å². The molecule has 113 valence electrons. The number of rotatable bonds is 7. The number of thioether (sulfide) groups is 1. The Bertz CT molecular complexity index is 454. The SMILES string of the molecule is [NH][C@H](CCN1CC(N2NC=NN2)C1)CSc1ccccc1. The third-order valence-corrected chi connectivity index (χ3v) is 4.89. The van der Waals surface area contributed by atoms with Crippen LogP contribution in [0.15, 0.2) is 40.3 Å². The van der Waals surface area contributed by atoms with Gasteiger partial charge in [-0.05, 0) is 25.1 Å². The summed E-state index contributed by atoms with van der Waals surface area (Å²) < 4.78 is 0. The third kappa shape index (κ3) is 4.10. The Morgan fingerprint density at radius 3 is 2.86 bits per heavy atom. The molecule has 2 aliphatic rings. The van der Waals surface area contributed by atoms with Crippen LogP contribution in [0.1, 0.15) is 6.42 Å². The zero-order valence-electron chi connectivity index (χ0n) is 11.9. The smallest absolute Gasteiger partial charge is 0.126 e. The Morgan fingerprint density at radius 2 is 2.14 bits per heavy atom. The summed E-state index contributed by atoms with van der Waals surface area (Å²) >= 11 is 1.78. The van der Waals surface area contributed by atoms with Crippen LogP contribution in [0.25, 0.3) is 0 Å². The van der Waals surface area contributed by atoms with Gasteiger partial charge in [0.25, 0.3) is 0 Å². The second-order valence-corrected chi connectivity index (χ2v) is 6.47. The summed E-state index contributed by atoms with van der Waals surface area (Å²) in [4.78, 5) is 3.64. The molecule has 3 rings (SSSR count). The molecule has 0 unspecified atom stereocenters. The van der Waals surface area contributed by atoms with E-state index in [1.165, 1.54) is 4.90 Å². The Labute approximate surface area is 129 Å². The van der Waals surface area contributed by atoms with E-state index in [0.29, 0.717) is 6.04 Å². The molecular weight excluding hydrogens is 284 g/mol. The fourth-order valence-corrected chi connectivity index (χ4v) is 3.33. The monoisotopic (exact) mass is 305 g/mol. The zero-order chi connectivity index (χ0) is 14.5. The number of hydrazone groups is 1. The van der Waals surface area contributed by atoms with Crippen LogP contribution >= 0.6 is 11.8 Å². The highest BCUT2D eigenvalue weighted by atomic mass is 32.2. The van der Waals surface area contributed by atoms with Crippen molar-refractivity contribution in [2.45, 2.75) is 23.4 Å². The lowest BCUT2D eigenvalue weighted by Gasteiger charge is -2.42. The van der Waals surface area contributed by atoms with E-state index in [2.05, 4.69) is 33.1 Å². The summed E-state index contributed by atoms with van der Waals surface area (Å²) in [5.41, 5.74) is 14.1. The summed E-state index contributed by atoms with van der Waals surface area (Å²) in [7, 11) is 0. The topological polar surface area (TPSA) is 66.7 Å². The molecule has 6 nitrogen and oxygen atoms in total.